The van der Waals surface area contributed by atoms with E-state index in [-0.39, 0.29) is 30.6 Å². The van der Waals surface area contributed by atoms with E-state index in [1.165, 1.54) is 22.3 Å². The van der Waals surface area contributed by atoms with Crippen molar-refractivity contribution in [3.05, 3.63) is 59.7 Å². The standard InChI is InChI=1S/C22H27NO3/c1-22(2,3)15-23(12-13-24)21(25)26-14-20-18-10-6-4-8-16(18)17-9-5-7-11-19(17)20/h4-11,20,24H,12-15H2,1-3H3. The van der Waals surface area contributed by atoms with Crippen LogP contribution >= 0.6 is 0 Å². The first-order chi connectivity index (χ1) is 12.4. The van der Waals surface area contributed by atoms with Gasteiger partial charge in [-0.1, -0.05) is 69.3 Å². The molecule has 26 heavy (non-hydrogen) atoms. The number of amides is 1. The van der Waals surface area contributed by atoms with E-state index < -0.39 is 0 Å². The predicted octanol–water partition coefficient (Wildman–Crippen LogP) is 4.28. The van der Waals surface area contributed by atoms with Crippen LogP contribution in [0.3, 0.4) is 0 Å². The van der Waals surface area contributed by atoms with Crippen LogP contribution in [0.5, 0.6) is 0 Å². The molecule has 4 heteroatoms. The number of hydrogen-bond donors (Lipinski definition) is 1. The number of rotatable bonds is 5. The molecule has 0 spiro atoms. The van der Waals surface area contributed by atoms with Crippen molar-refractivity contribution in [1.82, 2.24) is 4.90 Å². The predicted molar refractivity (Wildman–Crippen MR) is 103 cm³/mol. The van der Waals surface area contributed by atoms with Crippen molar-refractivity contribution in [3.8, 4) is 11.1 Å². The lowest BCUT2D eigenvalue weighted by atomic mass is 9.96. The Morgan fingerprint density at radius 1 is 1.04 bits per heavy atom. The average molecular weight is 353 g/mol. The first-order valence-electron chi connectivity index (χ1n) is 9.11. The number of aliphatic hydroxyl groups is 1. The van der Waals surface area contributed by atoms with Gasteiger partial charge in [0.25, 0.3) is 0 Å². The quantitative estimate of drug-likeness (QED) is 0.873. The summed E-state index contributed by atoms with van der Waals surface area (Å²) in [4.78, 5) is 14.2. The van der Waals surface area contributed by atoms with Crippen molar-refractivity contribution in [3.63, 3.8) is 0 Å². The normalized spacial score (nSPS) is 13.2. The average Bonchev–Trinajstić information content (AvgIpc) is 2.92. The molecular weight excluding hydrogens is 326 g/mol. The van der Waals surface area contributed by atoms with Crippen molar-refractivity contribution in [2.45, 2.75) is 26.7 Å². The van der Waals surface area contributed by atoms with Gasteiger partial charge in [-0.2, -0.15) is 0 Å². The second-order valence-electron chi connectivity index (χ2n) is 8.01. The largest absolute Gasteiger partial charge is 0.448 e. The van der Waals surface area contributed by atoms with Crippen LogP contribution in [0.25, 0.3) is 11.1 Å². The van der Waals surface area contributed by atoms with Crippen LogP contribution in [-0.2, 0) is 4.74 Å². The molecule has 0 fully saturated rings. The number of nitrogens with zero attached hydrogens (tertiary/aromatic N) is 1. The highest BCUT2D eigenvalue weighted by Gasteiger charge is 2.30. The molecule has 4 nitrogen and oxygen atoms in total. The van der Waals surface area contributed by atoms with E-state index in [1.54, 1.807) is 4.90 Å². The Kier molecular flexibility index (Phi) is 5.33. The zero-order valence-corrected chi connectivity index (χ0v) is 15.7. The fourth-order valence-electron chi connectivity index (χ4n) is 3.61. The minimum absolute atomic E-state index is 0.0527. The molecule has 1 amide bonds. The second kappa shape index (κ2) is 7.50. The highest BCUT2D eigenvalue weighted by atomic mass is 16.6. The summed E-state index contributed by atoms with van der Waals surface area (Å²) in [5, 5.41) is 9.27. The molecule has 0 unspecified atom stereocenters. The third-order valence-corrected chi connectivity index (χ3v) is 4.63. The lowest BCUT2D eigenvalue weighted by molar-refractivity contribution is 0.0784. The van der Waals surface area contributed by atoms with Crippen molar-refractivity contribution in [2.75, 3.05) is 26.3 Å². The molecule has 0 saturated carbocycles. The second-order valence-corrected chi connectivity index (χ2v) is 8.01. The number of carbonyl (C=O) groups excluding carboxylic acids is 1. The number of hydrogen-bond acceptors (Lipinski definition) is 3. The summed E-state index contributed by atoms with van der Waals surface area (Å²) in [7, 11) is 0. The number of ether oxygens (including phenoxy) is 1. The Morgan fingerprint density at radius 2 is 1.58 bits per heavy atom. The number of aliphatic hydroxyl groups excluding tert-OH is 1. The molecule has 0 saturated heterocycles. The van der Waals surface area contributed by atoms with Crippen LogP contribution in [0.2, 0.25) is 0 Å². The van der Waals surface area contributed by atoms with Gasteiger partial charge in [0.2, 0.25) is 0 Å². The number of benzene rings is 2. The van der Waals surface area contributed by atoms with E-state index in [1.807, 2.05) is 24.3 Å². The molecule has 1 N–H and O–H groups in total. The number of fused-ring (bicyclic) bond motifs is 3. The van der Waals surface area contributed by atoms with Crippen LogP contribution < -0.4 is 0 Å². The Hall–Kier alpha value is -2.33. The molecule has 2 aromatic carbocycles. The van der Waals surface area contributed by atoms with Gasteiger partial charge < -0.3 is 14.7 Å². The van der Waals surface area contributed by atoms with E-state index in [0.29, 0.717) is 13.2 Å². The molecule has 138 valence electrons. The summed E-state index contributed by atoms with van der Waals surface area (Å²) >= 11 is 0. The fourth-order valence-corrected chi connectivity index (χ4v) is 3.61. The third-order valence-electron chi connectivity index (χ3n) is 4.63. The molecule has 0 bridgehead atoms. The van der Waals surface area contributed by atoms with Crippen molar-refractivity contribution in [2.24, 2.45) is 5.41 Å². The zero-order valence-electron chi connectivity index (χ0n) is 15.7. The van der Waals surface area contributed by atoms with Gasteiger partial charge in [0, 0.05) is 19.0 Å². The highest BCUT2D eigenvalue weighted by molar-refractivity contribution is 5.79. The first kappa shape index (κ1) is 18.5. The molecule has 2 aromatic rings. The Morgan fingerprint density at radius 3 is 2.08 bits per heavy atom. The van der Waals surface area contributed by atoms with Crippen LogP contribution in [0.4, 0.5) is 4.79 Å². The van der Waals surface area contributed by atoms with E-state index in [9.17, 15) is 9.90 Å². The minimum atomic E-state index is -0.365. The molecule has 0 atom stereocenters. The van der Waals surface area contributed by atoms with Crippen LogP contribution in [0.1, 0.15) is 37.8 Å². The van der Waals surface area contributed by atoms with Crippen molar-refractivity contribution < 1.29 is 14.6 Å². The van der Waals surface area contributed by atoms with Crippen molar-refractivity contribution >= 4 is 6.09 Å². The molecule has 3 rings (SSSR count). The van der Waals surface area contributed by atoms with Crippen LogP contribution in [-0.4, -0.2) is 42.4 Å². The van der Waals surface area contributed by atoms with Gasteiger partial charge in [-0.25, -0.2) is 4.79 Å². The lowest BCUT2D eigenvalue weighted by Crippen LogP contribution is -2.40. The fraction of sp³-hybridized carbons (Fsp3) is 0.409. The summed E-state index contributed by atoms with van der Waals surface area (Å²) in [5.41, 5.74) is 4.77. The molecule has 1 aliphatic carbocycles. The van der Waals surface area contributed by atoms with Gasteiger partial charge in [0.05, 0.1) is 6.61 Å². The smallest absolute Gasteiger partial charge is 0.409 e. The Balaban J connectivity index is 1.76. The summed E-state index contributed by atoms with van der Waals surface area (Å²) in [6, 6.07) is 16.6. The minimum Gasteiger partial charge on any atom is -0.448 e. The maximum absolute atomic E-state index is 12.6. The Labute approximate surface area is 155 Å². The topological polar surface area (TPSA) is 49.8 Å². The van der Waals surface area contributed by atoms with E-state index in [0.717, 1.165) is 0 Å². The van der Waals surface area contributed by atoms with E-state index >= 15 is 0 Å². The first-order valence-corrected chi connectivity index (χ1v) is 9.11. The maximum Gasteiger partial charge on any atom is 0.409 e. The van der Waals surface area contributed by atoms with E-state index in [2.05, 4.69) is 45.0 Å². The van der Waals surface area contributed by atoms with Crippen LogP contribution in [0.15, 0.2) is 48.5 Å². The van der Waals surface area contributed by atoms with Gasteiger partial charge in [0.15, 0.2) is 0 Å². The van der Waals surface area contributed by atoms with Crippen LogP contribution in [0, 0.1) is 5.41 Å². The summed E-state index contributed by atoms with van der Waals surface area (Å²) in [6.07, 6.45) is -0.365. The van der Waals surface area contributed by atoms with Crippen molar-refractivity contribution in [1.29, 1.82) is 0 Å². The summed E-state index contributed by atoms with van der Waals surface area (Å²) in [6.45, 7) is 7.26. The summed E-state index contributed by atoms with van der Waals surface area (Å²) < 4.78 is 5.68. The van der Waals surface area contributed by atoms with Gasteiger partial charge in [-0.15, -0.1) is 0 Å². The van der Waals surface area contributed by atoms with E-state index in [4.69, 9.17) is 4.74 Å². The Bertz CT molecular complexity index is 733. The highest BCUT2D eigenvalue weighted by Crippen LogP contribution is 2.44. The van der Waals surface area contributed by atoms with Gasteiger partial charge in [-0.3, -0.25) is 0 Å². The molecule has 0 radical (unpaired) electrons. The SMILES string of the molecule is CC(C)(C)CN(CCO)C(=O)OCC1c2ccccc2-c2ccccc21. The van der Waals surface area contributed by atoms with Gasteiger partial charge in [-0.05, 0) is 27.7 Å². The molecular formula is C22H27NO3. The maximum atomic E-state index is 12.6. The lowest BCUT2D eigenvalue weighted by Gasteiger charge is -2.29. The monoisotopic (exact) mass is 353 g/mol. The molecule has 1 aliphatic rings. The zero-order chi connectivity index (χ0) is 18.7. The molecule has 0 heterocycles. The molecule has 0 aliphatic heterocycles. The van der Waals surface area contributed by atoms with Gasteiger partial charge >= 0.3 is 6.09 Å². The number of carbonyl (C=O) groups is 1. The molecule has 0 aromatic heterocycles. The van der Waals surface area contributed by atoms with Gasteiger partial charge in [0.1, 0.15) is 6.61 Å². The third kappa shape index (κ3) is 3.91. The summed E-state index contributed by atoms with van der Waals surface area (Å²) in [5.74, 6) is 0.0527.